The van der Waals surface area contributed by atoms with Crippen LogP contribution in [0.4, 0.5) is 0 Å². The molecule has 0 aromatic heterocycles. The summed E-state index contributed by atoms with van der Waals surface area (Å²) in [4.78, 5) is 11.9. The van der Waals surface area contributed by atoms with Crippen molar-refractivity contribution in [2.75, 3.05) is 0 Å². The Morgan fingerprint density at radius 3 is 1.96 bits per heavy atom. The van der Waals surface area contributed by atoms with E-state index in [1.807, 2.05) is 60.7 Å². The summed E-state index contributed by atoms with van der Waals surface area (Å²) in [5.74, 6) is -1.35. The van der Waals surface area contributed by atoms with Crippen molar-refractivity contribution in [1.82, 2.24) is 0 Å². The van der Waals surface area contributed by atoms with Gasteiger partial charge in [-0.25, -0.2) is 0 Å². The number of carboxylic acid groups (broad SMARTS) is 1. The highest BCUT2D eigenvalue weighted by Gasteiger charge is 2.38. The number of rotatable bonds is 10. The first-order valence-electron chi connectivity index (χ1n) is 9.39. The molecule has 136 valence electrons. The van der Waals surface area contributed by atoms with E-state index >= 15 is 0 Å². The number of carbonyl (C=O) groups is 1. The monoisotopic (exact) mass is 349 g/mol. The Labute approximate surface area is 156 Å². The largest absolute Gasteiger partial charge is 0.481 e. The molecule has 2 rings (SSSR count). The summed E-state index contributed by atoms with van der Waals surface area (Å²) < 4.78 is 0. The highest BCUT2D eigenvalue weighted by atomic mass is 16.4. The predicted molar refractivity (Wildman–Crippen MR) is 104 cm³/mol. The van der Waals surface area contributed by atoms with Crippen molar-refractivity contribution in [3.63, 3.8) is 0 Å². The van der Waals surface area contributed by atoms with Gasteiger partial charge >= 0.3 is 5.97 Å². The molecule has 3 heteroatoms. The van der Waals surface area contributed by atoms with Gasteiger partial charge in [-0.05, 0) is 24.0 Å². The Balaban J connectivity index is 2.37. The molecule has 1 unspecified atom stereocenters. The lowest BCUT2D eigenvalue weighted by Crippen LogP contribution is -2.32. The predicted octanol–water partition coefficient (Wildman–Crippen LogP) is 5.56. The quantitative estimate of drug-likeness (QED) is 0.571. The molecule has 0 bridgehead atoms. The third-order valence-corrected chi connectivity index (χ3v) is 5.03. The van der Waals surface area contributed by atoms with Crippen LogP contribution in [0.5, 0.6) is 0 Å². The highest BCUT2D eigenvalue weighted by Crippen LogP contribution is 2.39. The molecule has 0 aliphatic carbocycles. The number of carboxylic acids is 1. The zero-order valence-corrected chi connectivity index (χ0v) is 15.4. The molecule has 0 aliphatic rings. The fourth-order valence-electron chi connectivity index (χ4n) is 3.52. The van der Waals surface area contributed by atoms with Gasteiger partial charge in [0.1, 0.15) is 5.41 Å². The molecule has 3 nitrogen and oxygen atoms in total. The van der Waals surface area contributed by atoms with Crippen LogP contribution >= 0.6 is 0 Å². The normalized spacial score (nSPS) is 12.3. The molecule has 0 fully saturated rings. The van der Waals surface area contributed by atoms with Crippen molar-refractivity contribution in [2.45, 2.75) is 50.9 Å². The van der Waals surface area contributed by atoms with Crippen LogP contribution in [0, 0.1) is 17.2 Å². The summed E-state index contributed by atoms with van der Waals surface area (Å²) in [6, 6.07) is 21.6. The average molecular weight is 349 g/mol. The van der Waals surface area contributed by atoms with Crippen LogP contribution in [0.15, 0.2) is 60.7 Å². The molecular weight excluding hydrogens is 322 g/mol. The third-order valence-electron chi connectivity index (χ3n) is 5.03. The van der Waals surface area contributed by atoms with E-state index in [0.717, 1.165) is 36.8 Å². The molecule has 0 amide bonds. The first-order valence-corrected chi connectivity index (χ1v) is 9.39. The molecule has 0 spiro atoms. The van der Waals surface area contributed by atoms with Crippen LogP contribution in [-0.4, -0.2) is 11.1 Å². The average Bonchev–Trinajstić information content (AvgIpc) is 2.69. The van der Waals surface area contributed by atoms with Crippen molar-refractivity contribution in [2.24, 2.45) is 5.92 Å². The van der Waals surface area contributed by atoms with E-state index in [4.69, 9.17) is 0 Å². The van der Waals surface area contributed by atoms with Gasteiger partial charge in [-0.1, -0.05) is 93.3 Å². The standard InChI is InChI=1S/C23H27NO2/c1-2-3-4-7-12-19(22(25)26)17-23(18-24,20-13-8-5-9-14-20)21-15-10-6-11-16-21/h5-6,8-11,13-16,19H,2-4,7,12,17H2,1H3,(H,25,26). The molecule has 0 radical (unpaired) electrons. The third kappa shape index (κ3) is 4.73. The summed E-state index contributed by atoms with van der Waals surface area (Å²) in [5, 5.41) is 20.0. The van der Waals surface area contributed by atoms with E-state index in [-0.39, 0.29) is 0 Å². The number of unbranched alkanes of at least 4 members (excludes halogenated alkanes) is 3. The lowest BCUT2D eigenvalue weighted by molar-refractivity contribution is -0.142. The van der Waals surface area contributed by atoms with Gasteiger partial charge in [-0.3, -0.25) is 4.79 Å². The summed E-state index contributed by atoms with van der Waals surface area (Å²) in [5.41, 5.74) is 0.762. The first-order chi connectivity index (χ1) is 12.6. The maximum Gasteiger partial charge on any atom is 0.306 e. The molecule has 1 atom stereocenters. The number of nitriles is 1. The van der Waals surface area contributed by atoms with E-state index in [1.54, 1.807) is 0 Å². The highest BCUT2D eigenvalue weighted by molar-refractivity contribution is 5.70. The van der Waals surface area contributed by atoms with E-state index in [9.17, 15) is 15.2 Å². The number of benzene rings is 2. The summed E-state index contributed by atoms with van der Waals surface area (Å²) in [7, 11) is 0. The summed E-state index contributed by atoms with van der Waals surface area (Å²) in [6.07, 6.45) is 5.06. The SMILES string of the molecule is CCCCCCC(CC(C#N)(c1ccccc1)c1ccccc1)C(=O)O. The van der Waals surface area contributed by atoms with Crippen molar-refractivity contribution < 1.29 is 9.90 Å². The molecule has 2 aromatic rings. The van der Waals surface area contributed by atoms with Gasteiger partial charge in [0.05, 0.1) is 12.0 Å². The second kappa shape index (κ2) is 9.77. The Kier molecular flexibility index (Phi) is 7.41. The van der Waals surface area contributed by atoms with Crippen molar-refractivity contribution in [1.29, 1.82) is 5.26 Å². The van der Waals surface area contributed by atoms with E-state index in [0.29, 0.717) is 12.8 Å². The Hall–Kier alpha value is -2.60. The topological polar surface area (TPSA) is 61.1 Å². The van der Waals surface area contributed by atoms with Gasteiger partial charge < -0.3 is 5.11 Å². The van der Waals surface area contributed by atoms with Crippen LogP contribution in [0.25, 0.3) is 0 Å². The summed E-state index contributed by atoms with van der Waals surface area (Å²) in [6.45, 7) is 2.14. The molecule has 1 N–H and O–H groups in total. The van der Waals surface area contributed by atoms with Gasteiger partial charge in [0.2, 0.25) is 0 Å². The zero-order chi connectivity index (χ0) is 18.8. The van der Waals surface area contributed by atoms with Gasteiger partial charge in [-0.15, -0.1) is 0 Å². The maximum absolute atomic E-state index is 11.9. The minimum absolute atomic E-state index is 0.291. The van der Waals surface area contributed by atoms with Gasteiger partial charge in [-0.2, -0.15) is 5.26 Å². The first kappa shape index (κ1) is 19.7. The van der Waals surface area contributed by atoms with Crippen LogP contribution < -0.4 is 0 Å². The molecule has 0 heterocycles. The van der Waals surface area contributed by atoms with Gasteiger partial charge in [0.25, 0.3) is 0 Å². The summed E-state index contributed by atoms with van der Waals surface area (Å²) >= 11 is 0. The fraction of sp³-hybridized carbons (Fsp3) is 0.391. The second-order valence-corrected chi connectivity index (χ2v) is 6.84. The molecule has 0 saturated carbocycles. The van der Waals surface area contributed by atoms with Crippen molar-refractivity contribution in [3.8, 4) is 6.07 Å². The van der Waals surface area contributed by atoms with Crippen LogP contribution in [0.3, 0.4) is 0 Å². The molecular formula is C23H27NO2. The molecule has 0 aliphatic heterocycles. The zero-order valence-electron chi connectivity index (χ0n) is 15.4. The maximum atomic E-state index is 11.9. The number of aliphatic carboxylic acids is 1. The van der Waals surface area contributed by atoms with Crippen molar-refractivity contribution >= 4 is 5.97 Å². The number of hydrogen-bond donors (Lipinski definition) is 1. The Morgan fingerprint density at radius 1 is 1.00 bits per heavy atom. The van der Waals surface area contributed by atoms with Crippen LogP contribution in [-0.2, 0) is 10.2 Å². The molecule has 2 aromatic carbocycles. The minimum atomic E-state index is -0.948. The van der Waals surface area contributed by atoms with Gasteiger partial charge in [0.15, 0.2) is 0 Å². The molecule has 26 heavy (non-hydrogen) atoms. The molecule has 0 saturated heterocycles. The van der Waals surface area contributed by atoms with E-state index < -0.39 is 17.3 Å². The van der Waals surface area contributed by atoms with Crippen LogP contribution in [0.2, 0.25) is 0 Å². The number of nitrogens with zero attached hydrogens (tertiary/aromatic N) is 1. The minimum Gasteiger partial charge on any atom is -0.481 e. The Morgan fingerprint density at radius 2 is 1.54 bits per heavy atom. The lowest BCUT2D eigenvalue weighted by Gasteiger charge is -2.30. The lowest BCUT2D eigenvalue weighted by atomic mass is 9.69. The smallest absolute Gasteiger partial charge is 0.306 e. The number of hydrogen-bond acceptors (Lipinski definition) is 2. The fourth-order valence-corrected chi connectivity index (χ4v) is 3.52. The second-order valence-electron chi connectivity index (χ2n) is 6.84. The van der Waals surface area contributed by atoms with Crippen LogP contribution in [0.1, 0.15) is 56.6 Å². The van der Waals surface area contributed by atoms with Crippen molar-refractivity contribution in [3.05, 3.63) is 71.8 Å². The Bertz CT molecular complexity index is 679. The van der Waals surface area contributed by atoms with E-state index in [1.165, 1.54) is 0 Å². The van der Waals surface area contributed by atoms with Gasteiger partial charge in [0, 0.05) is 0 Å². The van der Waals surface area contributed by atoms with E-state index in [2.05, 4.69) is 13.0 Å².